The number of ether oxygens (including phenoxy) is 1. The van der Waals surface area contributed by atoms with E-state index in [4.69, 9.17) is 15.6 Å². The van der Waals surface area contributed by atoms with Gasteiger partial charge in [0.2, 0.25) is 5.91 Å². The molecule has 5 nitrogen and oxygen atoms in total. The van der Waals surface area contributed by atoms with Crippen molar-refractivity contribution in [1.82, 2.24) is 4.90 Å². The molecule has 0 saturated heterocycles. The summed E-state index contributed by atoms with van der Waals surface area (Å²) in [7, 11) is 0. The molecular weight excluding hydrogens is 210 g/mol. The summed E-state index contributed by atoms with van der Waals surface area (Å²) in [5.74, 6) is -0.571. The molecule has 90 valence electrons. The van der Waals surface area contributed by atoms with Crippen LogP contribution < -0.4 is 5.73 Å². The number of aliphatic hydroxyl groups excluding tert-OH is 1. The van der Waals surface area contributed by atoms with Gasteiger partial charge in [0.1, 0.15) is 6.61 Å². The zero-order valence-corrected chi connectivity index (χ0v) is 8.36. The Morgan fingerprint density at radius 2 is 2.20 bits per heavy atom. The van der Waals surface area contributed by atoms with Crippen LogP contribution >= 0.6 is 0 Å². The highest BCUT2D eigenvalue weighted by molar-refractivity contribution is 5.77. The summed E-state index contributed by atoms with van der Waals surface area (Å²) in [5.41, 5.74) is 5.12. The van der Waals surface area contributed by atoms with Crippen molar-refractivity contribution in [2.24, 2.45) is 5.73 Å². The van der Waals surface area contributed by atoms with Gasteiger partial charge in [-0.1, -0.05) is 0 Å². The number of alkyl halides is 2. The van der Waals surface area contributed by atoms with Crippen molar-refractivity contribution in [3.63, 3.8) is 0 Å². The monoisotopic (exact) mass is 226 g/mol. The molecule has 0 rings (SSSR count). The van der Waals surface area contributed by atoms with Crippen LogP contribution in [0.2, 0.25) is 0 Å². The molecule has 0 atom stereocenters. The molecule has 0 radical (unpaired) electrons. The number of hydrogen-bond acceptors (Lipinski definition) is 4. The number of hydrogen-bond donors (Lipinski definition) is 2. The van der Waals surface area contributed by atoms with E-state index < -0.39 is 18.9 Å². The van der Waals surface area contributed by atoms with E-state index in [9.17, 15) is 13.6 Å². The smallest absolute Gasteiger partial charge is 0.255 e. The van der Waals surface area contributed by atoms with Gasteiger partial charge in [0.15, 0.2) is 0 Å². The predicted octanol–water partition coefficient (Wildman–Crippen LogP) is -0.952. The third kappa shape index (κ3) is 7.18. The van der Waals surface area contributed by atoms with Crippen molar-refractivity contribution >= 4 is 5.91 Å². The number of halogens is 2. The summed E-state index contributed by atoms with van der Waals surface area (Å²) in [6, 6.07) is 0. The average molecular weight is 226 g/mol. The molecule has 0 aliphatic rings. The van der Waals surface area contributed by atoms with E-state index in [1.807, 2.05) is 0 Å². The van der Waals surface area contributed by atoms with Crippen LogP contribution in [0.5, 0.6) is 0 Å². The van der Waals surface area contributed by atoms with Crippen LogP contribution in [-0.2, 0) is 9.53 Å². The van der Waals surface area contributed by atoms with Crippen LogP contribution in [0.25, 0.3) is 0 Å². The zero-order chi connectivity index (χ0) is 11.7. The van der Waals surface area contributed by atoms with Crippen molar-refractivity contribution in [3.8, 4) is 0 Å². The largest absolute Gasteiger partial charge is 0.395 e. The quantitative estimate of drug-likeness (QED) is 0.523. The molecule has 0 saturated carbocycles. The van der Waals surface area contributed by atoms with Crippen LogP contribution in [0.15, 0.2) is 0 Å². The topological polar surface area (TPSA) is 75.8 Å². The number of carbonyl (C=O) groups is 1. The lowest BCUT2D eigenvalue weighted by atomic mass is 10.4. The molecule has 0 unspecified atom stereocenters. The second kappa shape index (κ2) is 8.51. The van der Waals surface area contributed by atoms with Crippen LogP contribution in [-0.4, -0.2) is 61.8 Å². The summed E-state index contributed by atoms with van der Waals surface area (Å²) >= 11 is 0. The van der Waals surface area contributed by atoms with E-state index >= 15 is 0 Å². The Morgan fingerprint density at radius 1 is 1.53 bits per heavy atom. The Hall–Kier alpha value is -0.790. The molecule has 0 aromatic carbocycles. The van der Waals surface area contributed by atoms with Crippen molar-refractivity contribution in [1.29, 1.82) is 0 Å². The van der Waals surface area contributed by atoms with Gasteiger partial charge >= 0.3 is 0 Å². The lowest BCUT2D eigenvalue weighted by Gasteiger charge is -2.20. The summed E-state index contributed by atoms with van der Waals surface area (Å²) in [4.78, 5) is 12.1. The Morgan fingerprint density at radius 3 is 2.67 bits per heavy atom. The maximum absolute atomic E-state index is 12.0. The van der Waals surface area contributed by atoms with Crippen molar-refractivity contribution < 1.29 is 23.4 Å². The van der Waals surface area contributed by atoms with Gasteiger partial charge in [0.25, 0.3) is 6.43 Å². The number of rotatable bonds is 8. The predicted molar refractivity (Wildman–Crippen MR) is 49.5 cm³/mol. The molecule has 0 bridgehead atoms. The fourth-order valence-corrected chi connectivity index (χ4v) is 0.939. The molecular formula is C8H16F2N2O3. The molecule has 0 heterocycles. The summed E-state index contributed by atoms with van der Waals surface area (Å²) in [5, 5.41) is 8.57. The molecule has 0 aliphatic carbocycles. The highest BCUT2D eigenvalue weighted by atomic mass is 19.3. The van der Waals surface area contributed by atoms with Crippen LogP contribution in [0, 0.1) is 0 Å². The van der Waals surface area contributed by atoms with E-state index in [1.54, 1.807) is 0 Å². The molecule has 0 aromatic heterocycles. The second-order valence-electron chi connectivity index (χ2n) is 2.80. The number of nitrogens with zero attached hydrogens (tertiary/aromatic N) is 1. The van der Waals surface area contributed by atoms with Gasteiger partial charge in [0.05, 0.1) is 19.8 Å². The molecule has 0 spiro atoms. The summed E-state index contributed by atoms with van der Waals surface area (Å²) in [6.45, 7) is -0.977. The first-order valence-corrected chi connectivity index (χ1v) is 4.56. The molecule has 0 aromatic rings. The Labute approximate surface area is 86.8 Å². The minimum atomic E-state index is -2.62. The van der Waals surface area contributed by atoms with E-state index in [1.165, 1.54) is 0 Å². The Balaban J connectivity index is 3.92. The SMILES string of the molecule is NCCOCC(=O)N(CCO)CC(F)F. The van der Waals surface area contributed by atoms with Crippen molar-refractivity contribution in [2.45, 2.75) is 6.43 Å². The van der Waals surface area contributed by atoms with Crippen LogP contribution in [0.4, 0.5) is 8.78 Å². The standard InChI is InChI=1S/C8H16F2N2O3/c9-7(10)5-12(2-3-13)8(14)6-15-4-1-11/h7,13H,1-6,11H2. The zero-order valence-electron chi connectivity index (χ0n) is 8.36. The number of nitrogens with two attached hydrogens (primary N) is 1. The van der Waals surface area contributed by atoms with E-state index in [2.05, 4.69) is 0 Å². The van der Waals surface area contributed by atoms with E-state index in [-0.39, 0.29) is 32.9 Å². The minimum absolute atomic E-state index is 0.116. The molecule has 0 aliphatic heterocycles. The second-order valence-corrected chi connectivity index (χ2v) is 2.80. The average Bonchev–Trinajstić information content (AvgIpc) is 2.17. The third-order valence-corrected chi connectivity index (χ3v) is 1.57. The summed E-state index contributed by atoms with van der Waals surface area (Å²) < 4.78 is 28.9. The minimum Gasteiger partial charge on any atom is -0.395 e. The van der Waals surface area contributed by atoms with Gasteiger partial charge < -0.3 is 20.5 Å². The number of carbonyl (C=O) groups excluding carboxylic acids is 1. The van der Waals surface area contributed by atoms with Crippen LogP contribution in [0.3, 0.4) is 0 Å². The highest BCUT2D eigenvalue weighted by Gasteiger charge is 2.17. The third-order valence-electron chi connectivity index (χ3n) is 1.57. The Kier molecular flexibility index (Phi) is 8.06. The van der Waals surface area contributed by atoms with Gasteiger partial charge in [0, 0.05) is 13.1 Å². The first kappa shape index (κ1) is 14.2. The van der Waals surface area contributed by atoms with Gasteiger partial charge in [-0.2, -0.15) is 0 Å². The molecule has 3 N–H and O–H groups in total. The maximum Gasteiger partial charge on any atom is 0.255 e. The normalized spacial score (nSPS) is 10.7. The molecule has 1 amide bonds. The Bertz CT molecular complexity index is 181. The van der Waals surface area contributed by atoms with Gasteiger partial charge in [-0.25, -0.2) is 8.78 Å². The summed E-state index contributed by atoms with van der Waals surface area (Å²) in [6.07, 6.45) is -2.62. The molecule has 15 heavy (non-hydrogen) atoms. The first-order valence-electron chi connectivity index (χ1n) is 4.56. The first-order chi connectivity index (χ1) is 7.11. The van der Waals surface area contributed by atoms with Crippen LogP contribution in [0.1, 0.15) is 0 Å². The lowest BCUT2D eigenvalue weighted by Crippen LogP contribution is -2.39. The highest BCUT2D eigenvalue weighted by Crippen LogP contribution is 1.99. The van der Waals surface area contributed by atoms with Gasteiger partial charge in [-0.3, -0.25) is 4.79 Å². The van der Waals surface area contributed by atoms with Gasteiger partial charge in [-0.05, 0) is 0 Å². The molecule has 7 heteroatoms. The van der Waals surface area contributed by atoms with Crippen molar-refractivity contribution in [3.05, 3.63) is 0 Å². The number of aliphatic hydroxyl groups is 1. The van der Waals surface area contributed by atoms with E-state index in [0.29, 0.717) is 0 Å². The fraction of sp³-hybridized carbons (Fsp3) is 0.875. The maximum atomic E-state index is 12.0. The molecule has 0 fully saturated rings. The van der Waals surface area contributed by atoms with E-state index in [0.717, 1.165) is 4.90 Å². The van der Waals surface area contributed by atoms with Gasteiger partial charge in [-0.15, -0.1) is 0 Å². The number of amides is 1. The fourth-order valence-electron chi connectivity index (χ4n) is 0.939. The lowest BCUT2D eigenvalue weighted by molar-refractivity contribution is -0.138. The van der Waals surface area contributed by atoms with Crippen molar-refractivity contribution in [2.75, 3.05) is 39.5 Å².